The van der Waals surface area contributed by atoms with Gasteiger partial charge in [-0.25, -0.2) is 4.79 Å². The molecule has 0 bridgehead atoms. The van der Waals surface area contributed by atoms with Gasteiger partial charge in [-0.15, -0.1) is 12.4 Å². The summed E-state index contributed by atoms with van der Waals surface area (Å²) >= 11 is 0. The van der Waals surface area contributed by atoms with Crippen LogP contribution in [0.5, 0.6) is 5.75 Å². The first-order valence-electron chi connectivity index (χ1n) is 12.6. The van der Waals surface area contributed by atoms with Gasteiger partial charge in [-0.3, -0.25) is 9.69 Å². The summed E-state index contributed by atoms with van der Waals surface area (Å²) in [6, 6.07) is 14.7. The lowest BCUT2D eigenvalue weighted by Gasteiger charge is -2.34. The quantitative estimate of drug-likeness (QED) is 0.499. The molecule has 1 saturated heterocycles. The number of ether oxygens (including phenoxy) is 1. The monoisotopic (exact) mass is 497 g/mol. The number of likely N-dealkylation sites (tertiary alicyclic amines) is 1. The highest BCUT2D eigenvalue weighted by Crippen LogP contribution is 2.44. The second kappa shape index (κ2) is 11.0. The molecular formula is C28H36ClN3O3. The van der Waals surface area contributed by atoms with Crippen LogP contribution >= 0.6 is 12.4 Å². The van der Waals surface area contributed by atoms with Crippen LogP contribution in [0.15, 0.2) is 42.5 Å². The van der Waals surface area contributed by atoms with Gasteiger partial charge in [0.25, 0.3) is 5.91 Å². The first-order valence-corrected chi connectivity index (χ1v) is 12.6. The lowest BCUT2D eigenvalue weighted by molar-refractivity contribution is 0.0775. The van der Waals surface area contributed by atoms with E-state index in [9.17, 15) is 9.59 Å². The number of carbonyl (C=O) groups excluding carboxylic acids is 2. The third-order valence-electron chi connectivity index (χ3n) is 7.75. The van der Waals surface area contributed by atoms with Crippen LogP contribution in [0.2, 0.25) is 0 Å². The van der Waals surface area contributed by atoms with Crippen molar-refractivity contribution in [2.45, 2.75) is 57.0 Å². The molecule has 0 N–H and O–H groups in total. The van der Waals surface area contributed by atoms with E-state index in [0.29, 0.717) is 12.0 Å². The first-order chi connectivity index (χ1) is 16.5. The predicted octanol–water partition coefficient (Wildman–Crippen LogP) is 5.10. The van der Waals surface area contributed by atoms with Crippen LogP contribution < -0.4 is 4.74 Å². The molecule has 0 radical (unpaired) electrons. The SMILES string of the molecule is CN(C)C(=O)Oc1cccc2c1CCC1C2CCN1CCCCCN1Cc2ccccc2C1=O.Cl. The van der Waals surface area contributed by atoms with E-state index in [1.165, 1.54) is 28.9 Å². The van der Waals surface area contributed by atoms with Crippen molar-refractivity contribution in [3.63, 3.8) is 0 Å². The fraction of sp³-hybridized carbons (Fsp3) is 0.500. The minimum absolute atomic E-state index is 0. The molecule has 5 rings (SSSR count). The Kier molecular flexibility index (Phi) is 8.02. The molecule has 0 aromatic heterocycles. The minimum Gasteiger partial charge on any atom is -0.410 e. The van der Waals surface area contributed by atoms with Crippen molar-refractivity contribution in [3.8, 4) is 5.75 Å². The average Bonchev–Trinajstić information content (AvgIpc) is 3.40. The van der Waals surface area contributed by atoms with Crippen molar-refractivity contribution in [2.75, 3.05) is 33.7 Å². The zero-order valence-corrected chi connectivity index (χ0v) is 21.6. The number of hydrogen-bond acceptors (Lipinski definition) is 4. The van der Waals surface area contributed by atoms with Crippen molar-refractivity contribution in [2.24, 2.45) is 0 Å². The van der Waals surface area contributed by atoms with Gasteiger partial charge in [0, 0.05) is 44.7 Å². The molecule has 1 aliphatic carbocycles. The predicted molar refractivity (Wildman–Crippen MR) is 139 cm³/mol. The third-order valence-corrected chi connectivity index (χ3v) is 7.75. The van der Waals surface area contributed by atoms with Gasteiger partial charge in [0.15, 0.2) is 0 Å². The molecule has 2 atom stereocenters. The molecule has 2 aromatic carbocycles. The number of halogens is 1. The summed E-state index contributed by atoms with van der Waals surface area (Å²) < 4.78 is 5.66. The first kappa shape index (κ1) is 25.5. The van der Waals surface area contributed by atoms with Crippen LogP contribution in [-0.2, 0) is 13.0 Å². The number of unbranched alkanes of at least 4 members (excludes halogenated alkanes) is 2. The Morgan fingerprint density at radius 2 is 1.83 bits per heavy atom. The second-order valence-electron chi connectivity index (χ2n) is 10.1. The Balaban J connectivity index is 0.00000289. The zero-order valence-electron chi connectivity index (χ0n) is 20.7. The zero-order chi connectivity index (χ0) is 23.7. The molecule has 0 spiro atoms. The summed E-state index contributed by atoms with van der Waals surface area (Å²) in [6.45, 7) is 3.87. The van der Waals surface area contributed by atoms with Gasteiger partial charge in [0.05, 0.1) is 0 Å². The topological polar surface area (TPSA) is 53.1 Å². The summed E-state index contributed by atoms with van der Waals surface area (Å²) in [4.78, 5) is 30.8. The fourth-order valence-corrected chi connectivity index (χ4v) is 6.00. The molecule has 2 aliphatic heterocycles. The van der Waals surface area contributed by atoms with E-state index in [4.69, 9.17) is 4.74 Å². The number of hydrogen-bond donors (Lipinski definition) is 0. The van der Waals surface area contributed by atoms with E-state index in [1.54, 1.807) is 14.1 Å². The molecule has 2 unspecified atom stereocenters. The summed E-state index contributed by atoms with van der Waals surface area (Å²) in [5.41, 5.74) is 4.63. The summed E-state index contributed by atoms with van der Waals surface area (Å²) in [7, 11) is 3.43. The van der Waals surface area contributed by atoms with E-state index in [-0.39, 0.29) is 24.4 Å². The van der Waals surface area contributed by atoms with Crippen LogP contribution in [0.4, 0.5) is 4.79 Å². The van der Waals surface area contributed by atoms with Gasteiger partial charge in [-0.2, -0.15) is 0 Å². The van der Waals surface area contributed by atoms with Crippen LogP contribution in [0, 0.1) is 0 Å². The van der Waals surface area contributed by atoms with Crippen molar-refractivity contribution in [1.29, 1.82) is 0 Å². The van der Waals surface area contributed by atoms with Gasteiger partial charge in [-0.05, 0) is 74.0 Å². The van der Waals surface area contributed by atoms with E-state index in [0.717, 1.165) is 68.7 Å². The standard InChI is InChI=1S/C28H35N3O3.ClH/c1-29(2)28(33)34-26-12-8-11-22-23-15-18-30(25(23)14-13-24(22)26)16-6-3-7-17-31-19-20-9-4-5-10-21(20)27(31)32;/h4-5,8-12,23,25H,3,6-7,13-19H2,1-2H3;1H. The van der Waals surface area contributed by atoms with Crippen LogP contribution in [0.25, 0.3) is 0 Å². The highest BCUT2D eigenvalue weighted by atomic mass is 35.5. The number of rotatable bonds is 7. The summed E-state index contributed by atoms with van der Waals surface area (Å²) in [5, 5.41) is 0. The van der Waals surface area contributed by atoms with E-state index < -0.39 is 0 Å². The largest absolute Gasteiger partial charge is 0.414 e. The normalized spacial score (nSPS) is 20.6. The molecule has 35 heavy (non-hydrogen) atoms. The Morgan fingerprint density at radius 1 is 1.03 bits per heavy atom. The fourth-order valence-electron chi connectivity index (χ4n) is 6.00. The van der Waals surface area contributed by atoms with Gasteiger partial charge < -0.3 is 14.5 Å². The summed E-state index contributed by atoms with van der Waals surface area (Å²) in [6.07, 6.45) is 6.31. The van der Waals surface area contributed by atoms with Crippen LogP contribution in [0.3, 0.4) is 0 Å². The molecule has 7 heteroatoms. The van der Waals surface area contributed by atoms with Crippen molar-refractivity contribution in [3.05, 3.63) is 64.7 Å². The lowest BCUT2D eigenvalue weighted by atomic mass is 9.79. The molecule has 0 saturated carbocycles. The second-order valence-corrected chi connectivity index (χ2v) is 10.1. The third kappa shape index (κ3) is 5.19. The molecular weight excluding hydrogens is 462 g/mol. The number of benzene rings is 2. The smallest absolute Gasteiger partial charge is 0.410 e. The number of nitrogens with zero attached hydrogens (tertiary/aromatic N) is 3. The van der Waals surface area contributed by atoms with Gasteiger partial charge >= 0.3 is 6.09 Å². The summed E-state index contributed by atoms with van der Waals surface area (Å²) in [5.74, 6) is 1.45. The maximum atomic E-state index is 12.5. The Hall–Kier alpha value is -2.57. The Labute approximate surface area is 214 Å². The highest BCUT2D eigenvalue weighted by molar-refractivity contribution is 5.98. The highest BCUT2D eigenvalue weighted by Gasteiger charge is 2.39. The number of amides is 2. The molecule has 6 nitrogen and oxygen atoms in total. The van der Waals surface area contributed by atoms with Crippen LogP contribution in [-0.4, -0.2) is 66.5 Å². The van der Waals surface area contributed by atoms with E-state index in [2.05, 4.69) is 17.0 Å². The van der Waals surface area contributed by atoms with Crippen molar-refractivity contribution in [1.82, 2.24) is 14.7 Å². The van der Waals surface area contributed by atoms with Gasteiger partial charge in [-0.1, -0.05) is 36.8 Å². The molecule has 2 amide bonds. The molecule has 188 valence electrons. The van der Waals surface area contributed by atoms with Crippen molar-refractivity contribution < 1.29 is 14.3 Å². The lowest BCUT2D eigenvalue weighted by Crippen LogP contribution is -2.36. The molecule has 2 aromatic rings. The van der Waals surface area contributed by atoms with E-state index >= 15 is 0 Å². The maximum Gasteiger partial charge on any atom is 0.414 e. The Bertz CT molecular complexity index is 1070. The van der Waals surface area contributed by atoms with Gasteiger partial charge in [0.1, 0.15) is 5.75 Å². The molecule has 2 heterocycles. The average molecular weight is 498 g/mol. The Morgan fingerprint density at radius 3 is 2.63 bits per heavy atom. The molecule has 1 fully saturated rings. The minimum atomic E-state index is -0.317. The van der Waals surface area contributed by atoms with E-state index in [1.807, 2.05) is 35.2 Å². The molecule has 3 aliphatic rings. The van der Waals surface area contributed by atoms with Gasteiger partial charge in [0.2, 0.25) is 0 Å². The van der Waals surface area contributed by atoms with Crippen LogP contribution in [0.1, 0.15) is 65.1 Å². The number of fused-ring (bicyclic) bond motifs is 4. The maximum absolute atomic E-state index is 12.5. The van der Waals surface area contributed by atoms with Crippen molar-refractivity contribution >= 4 is 24.4 Å². The number of carbonyl (C=O) groups is 2.